The third-order valence-corrected chi connectivity index (χ3v) is 5.08. The third-order valence-electron chi connectivity index (χ3n) is 4.58. The Bertz CT molecular complexity index is 1400. The number of fused-ring (bicyclic) bond motifs is 4. The first-order valence-corrected chi connectivity index (χ1v) is 8.37. The fourth-order valence-electron chi connectivity index (χ4n) is 3.56. The van der Waals surface area contributed by atoms with Crippen molar-refractivity contribution in [3.8, 4) is 0 Å². The van der Waals surface area contributed by atoms with Crippen molar-refractivity contribution in [2.75, 3.05) is 0 Å². The normalized spacial score (nSPS) is 11.9. The van der Waals surface area contributed by atoms with E-state index in [9.17, 15) is 9.59 Å². The molecule has 0 atom stereocenters. The Labute approximate surface area is 144 Å². The zero-order valence-electron chi connectivity index (χ0n) is 12.4. The minimum atomic E-state index is -0.0495. The minimum absolute atomic E-state index is 0.0351. The number of aromatic nitrogens is 1. The van der Waals surface area contributed by atoms with Gasteiger partial charge in [0, 0.05) is 26.0 Å². The molecule has 0 saturated heterocycles. The van der Waals surface area contributed by atoms with Gasteiger partial charge in [-0.3, -0.25) is 9.59 Å². The molecule has 4 heteroatoms. The van der Waals surface area contributed by atoms with E-state index in [1.165, 1.54) is 0 Å². The zero-order chi connectivity index (χ0) is 16.4. The van der Waals surface area contributed by atoms with Crippen molar-refractivity contribution >= 4 is 54.0 Å². The molecule has 114 valence electrons. The van der Waals surface area contributed by atoms with E-state index in [4.69, 9.17) is 0 Å². The monoisotopic (exact) mass is 375 g/mol. The molecule has 2 heterocycles. The predicted molar refractivity (Wildman–Crippen MR) is 101 cm³/mol. The number of pyridine rings is 2. The second kappa shape index (κ2) is 4.65. The lowest BCUT2D eigenvalue weighted by atomic mass is 10.0. The molecule has 0 aliphatic carbocycles. The summed E-state index contributed by atoms with van der Waals surface area (Å²) >= 11 is 3.44. The van der Waals surface area contributed by atoms with Crippen LogP contribution in [0.15, 0.2) is 74.7 Å². The second-order valence-corrected chi connectivity index (χ2v) is 6.79. The predicted octanol–water partition coefficient (Wildman–Crippen LogP) is 4.32. The lowest BCUT2D eigenvalue weighted by Crippen LogP contribution is -2.13. The van der Waals surface area contributed by atoms with Crippen LogP contribution in [-0.4, -0.2) is 4.40 Å². The number of halogens is 1. The van der Waals surface area contributed by atoms with E-state index in [0.29, 0.717) is 27.1 Å². The Hall–Kier alpha value is -2.72. The van der Waals surface area contributed by atoms with Gasteiger partial charge in [-0.05, 0) is 42.5 Å². The van der Waals surface area contributed by atoms with Gasteiger partial charge in [-0.1, -0.05) is 34.1 Å². The Morgan fingerprint density at radius 1 is 0.667 bits per heavy atom. The van der Waals surface area contributed by atoms with Crippen LogP contribution in [0.1, 0.15) is 0 Å². The maximum Gasteiger partial charge on any atom is 0.197 e. The van der Waals surface area contributed by atoms with Crippen LogP contribution in [0.3, 0.4) is 0 Å². The standard InChI is InChI=1S/C20H10BrNO2/c21-11-8-9-17-15(10-11)20(24)14-6-3-5-13-18(14)22(17)16-7-2-1-4-12(16)19(13)23/h1-10H. The molecule has 0 aliphatic rings. The van der Waals surface area contributed by atoms with Gasteiger partial charge in [0.05, 0.1) is 16.6 Å². The highest BCUT2D eigenvalue weighted by Crippen LogP contribution is 2.27. The van der Waals surface area contributed by atoms with Gasteiger partial charge in [-0.2, -0.15) is 0 Å². The molecule has 5 rings (SSSR count). The maximum absolute atomic E-state index is 13.0. The number of hydrogen-bond donors (Lipinski definition) is 0. The SMILES string of the molecule is O=c1c2ccccc2n2c3ccc(Br)cc3c(=O)c3cccc1c32. The number of rotatable bonds is 0. The van der Waals surface area contributed by atoms with E-state index < -0.39 is 0 Å². The molecule has 2 aromatic heterocycles. The molecular formula is C20H10BrNO2. The summed E-state index contributed by atoms with van der Waals surface area (Å²) in [6, 6.07) is 18.6. The van der Waals surface area contributed by atoms with Crippen LogP contribution in [0.2, 0.25) is 0 Å². The van der Waals surface area contributed by atoms with Crippen LogP contribution in [0.4, 0.5) is 0 Å². The summed E-state index contributed by atoms with van der Waals surface area (Å²) in [4.78, 5) is 25.8. The Morgan fingerprint density at radius 2 is 1.29 bits per heavy atom. The summed E-state index contributed by atoms with van der Waals surface area (Å²) in [5.74, 6) is 0. The molecule has 0 aliphatic heterocycles. The fraction of sp³-hybridized carbons (Fsp3) is 0. The van der Waals surface area contributed by atoms with Gasteiger partial charge in [0.25, 0.3) is 0 Å². The van der Waals surface area contributed by atoms with Crippen molar-refractivity contribution in [1.29, 1.82) is 0 Å². The molecule has 0 radical (unpaired) electrons. The number of benzene rings is 3. The first-order chi connectivity index (χ1) is 11.7. The van der Waals surface area contributed by atoms with Gasteiger partial charge < -0.3 is 4.40 Å². The van der Waals surface area contributed by atoms with Crippen molar-refractivity contribution in [1.82, 2.24) is 4.40 Å². The highest BCUT2D eigenvalue weighted by atomic mass is 79.9. The number of hydrogen-bond acceptors (Lipinski definition) is 2. The molecular weight excluding hydrogens is 366 g/mol. The van der Waals surface area contributed by atoms with Crippen molar-refractivity contribution in [2.24, 2.45) is 0 Å². The minimum Gasteiger partial charge on any atom is -0.308 e. The van der Waals surface area contributed by atoms with E-state index in [2.05, 4.69) is 15.9 Å². The smallest absolute Gasteiger partial charge is 0.197 e. The van der Waals surface area contributed by atoms with Crippen molar-refractivity contribution < 1.29 is 0 Å². The summed E-state index contributed by atoms with van der Waals surface area (Å²) in [7, 11) is 0. The summed E-state index contributed by atoms with van der Waals surface area (Å²) in [6.45, 7) is 0. The van der Waals surface area contributed by atoms with Crippen molar-refractivity contribution in [3.63, 3.8) is 0 Å². The van der Waals surface area contributed by atoms with Crippen LogP contribution < -0.4 is 10.9 Å². The average Bonchev–Trinajstić information content (AvgIpc) is 2.61. The average molecular weight is 376 g/mol. The topological polar surface area (TPSA) is 38.5 Å². The van der Waals surface area contributed by atoms with E-state index in [1.54, 1.807) is 18.2 Å². The van der Waals surface area contributed by atoms with Gasteiger partial charge >= 0.3 is 0 Å². The maximum atomic E-state index is 13.0. The van der Waals surface area contributed by atoms with Crippen LogP contribution in [0.5, 0.6) is 0 Å². The molecule has 0 fully saturated rings. The van der Waals surface area contributed by atoms with E-state index in [0.717, 1.165) is 15.5 Å². The van der Waals surface area contributed by atoms with E-state index in [1.807, 2.05) is 46.9 Å². The van der Waals surface area contributed by atoms with Crippen molar-refractivity contribution in [2.45, 2.75) is 0 Å². The molecule has 0 N–H and O–H groups in total. The van der Waals surface area contributed by atoms with Gasteiger partial charge in [-0.15, -0.1) is 0 Å². The number of para-hydroxylation sites is 2. The lowest BCUT2D eigenvalue weighted by Gasteiger charge is -2.14. The van der Waals surface area contributed by atoms with Gasteiger partial charge in [-0.25, -0.2) is 0 Å². The van der Waals surface area contributed by atoms with Gasteiger partial charge in [0.1, 0.15) is 0 Å². The Morgan fingerprint density at radius 3 is 2.08 bits per heavy atom. The highest BCUT2D eigenvalue weighted by Gasteiger charge is 2.16. The molecule has 3 aromatic carbocycles. The van der Waals surface area contributed by atoms with Crippen LogP contribution in [0, 0.1) is 0 Å². The molecule has 0 amide bonds. The van der Waals surface area contributed by atoms with Crippen LogP contribution >= 0.6 is 15.9 Å². The molecule has 0 spiro atoms. The Balaban J connectivity index is 2.33. The lowest BCUT2D eigenvalue weighted by molar-refractivity contribution is 1.31. The first kappa shape index (κ1) is 13.7. The largest absolute Gasteiger partial charge is 0.308 e. The molecule has 0 bridgehead atoms. The van der Waals surface area contributed by atoms with Gasteiger partial charge in [0.15, 0.2) is 10.9 Å². The Kier molecular flexibility index (Phi) is 2.65. The number of nitrogens with zero attached hydrogens (tertiary/aromatic N) is 1. The molecule has 5 aromatic rings. The fourth-order valence-corrected chi connectivity index (χ4v) is 3.92. The van der Waals surface area contributed by atoms with Crippen LogP contribution in [-0.2, 0) is 0 Å². The highest BCUT2D eigenvalue weighted by molar-refractivity contribution is 9.10. The van der Waals surface area contributed by atoms with E-state index in [-0.39, 0.29) is 10.9 Å². The molecule has 24 heavy (non-hydrogen) atoms. The third kappa shape index (κ3) is 1.61. The molecule has 3 nitrogen and oxygen atoms in total. The summed E-state index contributed by atoms with van der Waals surface area (Å²) < 4.78 is 2.89. The zero-order valence-corrected chi connectivity index (χ0v) is 14.0. The molecule has 0 saturated carbocycles. The van der Waals surface area contributed by atoms with E-state index >= 15 is 0 Å². The second-order valence-electron chi connectivity index (χ2n) is 5.87. The summed E-state index contributed by atoms with van der Waals surface area (Å²) in [6.07, 6.45) is 0. The molecule has 0 unspecified atom stereocenters. The quantitative estimate of drug-likeness (QED) is 0.298. The van der Waals surface area contributed by atoms with Crippen LogP contribution in [0.25, 0.3) is 38.1 Å². The van der Waals surface area contributed by atoms with Gasteiger partial charge in [0.2, 0.25) is 0 Å². The van der Waals surface area contributed by atoms with Crippen molar-refractivity contribution in [3.05, 3.63) is 85.6 Å². The summed E-state index contributed by atoms with van der Waals surface area (Å²) in [5.41, 5.74) is 2.24. The first-order valence-electron chi connectivity index (χ1n) is 7.58. The summed E-state index contributed by atoms with van der Waals surface area (Å²) in [5, 5.41) is 2.44.